The Kier molecular flexibility index (Phi) is 7.33. The van der Waals surface area contributed by atoms with Crippen molar-refractivity contribution >= 4 is 24.2 Å². The standard InChI is InChI=1S/C17H31N3O2.ClH/c1-17(2,3)16(22)20-9-5-7-13(11-20)15(21)19-14-8-4-6-12(14)10-18;/h12-14H,4-11,18H2,1-3H3,(H,19,21);1H. The van der Waals surface area contributed by atoms with Crippen molar-refractivity contribution in [3.05, 3.63) is 0 Å². The smallest absolute Gasteiger partial charge is 0.227 e. The lowest BCUT2D eigenvalue weighted by Crippen LogP contribution is -2.50. The molecule has 23 heavy (non-hydrogen) atoms. The van der Waals surface area contributed by atoms with Gasteiger partial charge in [-0.3, -0.25) is 9.59 Å². The minimum atomic E-state index is -0.380. The maximum atomic E-state index is 12.5. The number of amides is 2. The van der Waals surface area contributed by atoms with Crippen LogP contribution in [-0.4, -0.2) is 42.4 Å². The van der Waals surface area contributed by atoms with Gasteiger partial charge in [0.05, 0.1) is 5.92 Å². The third kappa shape index (κ3) is 5.08. The Morgan fingerprint density at radius 3 is 2.48 bits per heavy atom. The molecule has 1 aliphatic heterocycles. The molecule has 2 fully saturated rings. The van der Waals surface area contributed by atoms with Crippen molar-refractivity contribution in [3.8, 4) is 0 Å². The van der Waals surface area contributed by atoms with Crippen LogP contribution in [0.3, 0.4) is 0 Å². The van der Waals surface area contributed by atoms with Crippen molar-refractivity contribution in [2.24, 2.45) is 23.0 Å². The van der Waals surface area contributed by atoms with Crippen LogP contribution in [0.5, 0.6) is 0 Å². The van der Waals surface area contributed by atoms with E-state index in [1.54, 1.807) is 0 Å². The van der Waals surface area contributed by atoms with E-state index in [1.807, 2.05) is 25.7 Å². The Balaban J connectivity index is 0.00000264. The number of nitrogens with one attached hydrogen (secondary N) is 1. The average molecular weight is 346 g/mol. The summed E-state index contributed by atoms with van der Waals surface area (Å²) >= 11 is 0. The number of carbonyl (C=O) groups excluding carboxylic acids is 2. The van der Waals surface area contributed by atoms with E-state index in [2.05, 4.69) is 5.32 Å². The molecule has 6 heteroatoms. The quantitative estimate of drug-likeness (QED) is 0.820. The normalized spacial score (nSPS) is 28.2. The van der Waals surface area contributed by atoms with Crippen LogP contribution < -0.4 is 11.1 Å². The van der Waals surface area contributed by atoms with E-state index in [0.29, 0.717) is 19.0 Å². The van der Waals surface area contributed by atoms with E-state index in [9.17, 15) is 9.59 Å². The van der Waals surface area contributed by atoms with Crippen LogP contribution in [0.1, 0.15) is 52.9 Å². The van der Waals surface area contributed by atoms with Crippen molar-refractivity contribution in [3.63, 3.8) is 0 Å². The molecule has 0 radical (unpaired) electrons. The summed E-state index contributed by atoms with van der Waals surface area (Å²) in [6.07, 6.45) is 5.07. The molecule has 0 spiro atoms. The first-order valence-electron chi connectivity index (χ1n) is 8.62. The lowest BCUT2D eigenvalue weighted by molar-refractivity contribution is -0.143. The lowest BCUT2D eigenvalue weighted by Gasteiger charge is -2.36. The fourth-order valence-corrected chi connectivity index (χ4v) is 3.66. The average Bonchev–Trinajstić information content (AvgIpc) is 2.92. The van der Waals surface area contributed by atoms with Gasteiger partial charge in [0.25, 0.3) is 0 Å². The van der Waals surface area contributed by atoms with Gasteiger partial charge in [0.1, 0.15) is 0 Å². The molecule has 1 aliphatic carbocycles. The first kappa shape index (κ1) is 20.2. The first-order valence-corrected chi connectivity index (χ1v) is 8.62. The predicted molar refractivity (Wildman–Crippen MR) is 94.3 cm³/mol. The molecule has 0 aromatic heterocycles. The summed E-state index contributed by atoms with van der Waals surface area (Å²) in [5.74, 6) is 0.599. The van der Waals surface area contributed by atoms with E-state index in [1.165, 1.54) is 0 Å². The fourth-order valence-electron chi connectivity index (χ4n) is 3.66. The highest BCUT2D eigenvalue weighted by Crippen LogP contribution is 2.27. The molecule has 2 aliphatic rings. The van der Waals surface area contributed by atoms with Crippen molar-refractivity contribution < 1.29 is 9.59 Å². The van der Waals surface area contributed by atoms with Gasteiger partial charge in [-0.05, 0) is 38.1 Å². The summed E-state index contributed by atoms with van der Waals surface area (Å²) < 4.78 is 0. The third-order valence-electron chi connectivity index (χ3n) is 5.01. The van der Waals surface area contributed by atoms with Gasteiger partial charge in [0, 0.05) is 24.5 Å². The van der Waals surface area contributed by atoms with Gasteiger partial charge < -0.3 is 16.0 Å². The molecular formula is C17H32ClN3O2. The fraction of sp³-hybridized carbons (Fsp3) is 0.882. The van der Waals surface area contributed by atoms with E-state index in [-0.39, 0.29) is 41.6 Å². The Morgan fingerprint density at radius 2 is 1.87 bits per heavy atom. The maximum Gasteiger partial charge on any atom is 0.227 e. The third-order valence-corrected chi connectivity index (χ3v) is 5.01. The summed E-state index contributed by atoms with van der Waals surface area (Å²) in [4.78, 5) is 26.8. The van der Waals surface area contributed by atoms with Crippen molar-refractivity contribution in [1.29, 1.82) is 0 Å². The predicted octanol–water partition coefficient (Wildman–Crippen LogP) is 1.94. The van der Waals surface area contributed by atoms with E-state index >= 15 is 0 Å². The second kappa shape index (κ2) is 8.34. The summed E-state index contributed by atoms with van der Waals surface area (Å²) in [5.41, 5.74) is 5.40. The Labute approximate surface area is 146 Å². The van der Waals surface area contributed by atoms with E-state index in [0.717, 1.165) is 38.6 Å². The zero-order chi connectivity index (χ0) is 16.3. The molecule has 0 aromatic rings. The van der Waals surface area contributed by atoms with Crippen LogP contribution in [0.25, 0.3) is 0 Å². The minimum absolute atomic E-state index is 0. The van der Waals surface area contributed by atoms with Gasteiger partial charge in [0.2, 0.25) is 11.8 Å². The lowest BCUT2D eigenvalue weighted by atomic mass is 9.90. The molecule has 5 nitrogen and oxygen atoms in total. The van der Waals surface area contributed by atoms with Gasteiger partial charge >= 0.3 is 0 Å². The molecule has 3 unspecified atom stereocenters. The molecule has 134 valence electrons. The summed E-state index contributed by atoms with van der Waals surface area (Å²) in [6.45, 7) is 7.77. The van der Waals surface area contributed by atoms with Crippen LogP contribution >= 0.6 is 12.4 Å². The van der Waals surface area contributed by atoms with Crippen molar-refractivity contribution in [2.45, 2.75) is 58.9 Å². The molecule has 0 aromatic carbocycles. The highest BCUT2D eigenvalue weighted by atomic mass is 35.5. The molecule has 1 heterocycles. The minimum Gasteiger partial charge on any atom is -0.353 e. The zero-order valence-corrected chi connectivity index (χ0v) is 15.5. The Bertz CT molecular complexity index is 423. The second-order valence-corrected chi connectivity index (χ2v) is 7.88. The summed E-state index contributed by atoms with van der Waals surface area (Å²) in [7, 11) is 0. The highest BCUT2D eigenvalue weighted by Gasteiger charge is 2.35. The maximum absolute atomic E-state index is 12.5. The van der Waals surface area contributed by atoms with Crippen LogP contribution in [0, 0.1) is 17.3 Å². The number of carbonyl (C=O) groups is 2. The number of halogens is 1. The van der Waals surface area contributed by atoms with Crippen LogP contribution in [0.4, 0.5) is 0 Å². The van der Waals surface area contributed by atoms with Crippen LogP contribution in [0.15, 0.2) is 0 Å². The Morgan fingerprint density at radius 1 is 1.17 bits per heavy atom. The van der Waals surface area contributed by atoms with Gasteiger partial charge in [0.15, 0.2) is 0 Å². The molecule has 2 amide bonds. The number of piperidine rings is 1. The SMILES string of the molecule is CC(C)(C)C(=O)N1CCCC(C(=O)NC2CCCC2CN)C1.Cl. The molecule has 3 N–H and O–H groups in total. The number of hydrogen-bond acceptors (Lipinski definition) is 3. The molecule has 3 atom stereocenters. The van der Waals surface area contributed by atoms with Gasteiger partial charge in [-0.15, -0.1) is 12.4 Å². The summed E-state index contributed by atoms with van der Waals surface area (Å²) in [6, 6.07) is 0.228. The van der Waals surface area contributed by atoms with E-state index < -0.39 is 0 Å². The monoisotopic (exact) mass is 345 g/mol. The highest BCUT2D eigenvalue weighted by molar-refractivity contribution is 5.85. The molecule has 1 saturated carbocycles. The number of rotatable bonds is 3. The number of likely N-dealkylation sites (tertiary alicyclic amines) is 1. The van der Waals surface area contributed by atoms with Gasteiger partial charge in [-0.2, -0.15) is 0 Å². The molecule has 2 rings (SSSR count). The topological polar surface area (TPSA) is 75.4 Å². The number of hydrogen-bond donors (Lipinski definition) is 2. The van der Waals surface area contributed by atoms with Crippen LogP contribution in [0.2, 0.25) is 0 Å². The number of nitrogens with zero attached hydrogens (tertiary/aromatic N) is 1. The molecular weight excluding hydrogens is 314 g/mol. The zero-order valence-electron chi connectivity index (χ0n) is 14.6. The molecule has 1 saturated heterocycles. The van der Waals surface area contributed by atoms with Crippen molar-refractivity contribution in [2.75, 3.05) is 19.6 Å². The second-order valence-electron chi connectivity index (χ2n) is 7.88. The largest absolute Gasteiger partial charge is 0.353 e. The number of nitrogens with two attached hydrogens (primary N) is 1. The van der Waals surface area contributed by atoms with Crippen molar-refractivity contribution in [1.82, 2.24) is 10.2 Å². The summed E-state index contributed by atoms with van der Waals surface area (Å²) in [5, 5.41) is 3.19. The van der Waals surface area contributed by atoms with Gasteiger partial charge in [-0.1, -0.05) is 27.2 Å². The van der Waals surface area contributed by atoms with Gasteiger partial charge in [-0.25, -0.2) is 0 Å². The Hall–Kier alpha value is -0.810. The van der Waals surface area contributed by atoms with E-state index in [4.69, 9.17) is 5.73 Å². The van der Waals surface area contributed by atoms with Crippen LogP contribution in [-0.2, 0) is 9.59 Å². The molecule has 0 bridgehead atoms. The first-order chi connectivity index (χ1) is 10.3.